The Bertz CT molecular complexity index is 305. The first-order valence-corrected chi connectivity index (χ1v) is 4.77. The van der Waals surface area contributed by atoms with Gasteiger partial charge in [-0.2, -0.15) is 0 Å². The van der Waals surface area contributed by atoms with Crippen LogP contribution in [0.3, 0.4) is 0 Å². The third kappa shape index (κ3) is 1.95. The van der Waals surface area contributed by atoms with Crippen molar-refractivity contribution in [1.29, 1.82) is 0 Å². The van der Waals surface area contributed by atoms with Gasteiger partial charge in [-0.25, -0.2) is 4.39 Å². The number of benzene rings is 1. The van der Waals surface area contributed by atoms with Crippen LogP contribution in [-0.4, -0.2) is 5.33 Å². The van der Waals surface area contributed by atoms with Crippen molar-refractivity contribution < 1.29 is 4.39 Å². The van der Waals surface area contributed by atoms with Crippen molar-refractivity contribution in [3.63, 3.8) is 0 Å². The number of hydrogen-bond acceptors (Lipinski definition) is 0. The Morgan fingerprint density at radius 1 is 1.58 bits per heavy atom. The molecule has 0 spiro atoms. The molecular formula is C10H10BrF. The van der Waals surface area contributed by atoms with E-state index >= 15 is 0 Å². The third-order valence-corrected chi connectivity index (χ3v) is 2.34. The largest absolute Gasteiger partial charge is 0.206 e. The lowest BCUT2D eigenvalue weighted by Crippen LogP contribution is -1.90. The van der Waals surface area contributed by atoms with Crippen LogP contribution in [-0.2, 0) is 0 Å². The summed E-state index contributed by atoms with van der Waals surface area (Å²) in [5.74, 6) is -0.204. The minimum atomic E-state index is -0.204. The Hall–Kier alpha value is -0.630. The first kappa shape index (κ1) is 9.46. The van der Waals surface area contributed by atoms with E-state index in [0.717, 1.165) is 11.1 Å². The molecule has 0 unspecified atom stereocenters. The highest BCUT2D eigenvalue weighted by molar-refractivity contribution is 9.09. The summed E-state index contributed by atoms with van der Waals surface area (Å²) >= 11 is 3.24. The standard InChI is InChI=1S/C10H10BrF/c1-7-3-4-10(12)9(5-7)8(2)6-11/h3-5H,2,6H2,1H3. The molecule has 64 valence electrons. The molecular weight excluding hydrogens is 219 g/mol. The van der Waals surface area contributed by atoms with Crippen molar-refractivity contribution in [2.75, 3.05) is 5.33 Å². The summed E-state index contributed by atoms with van der Waals surface area (Å²) in [5, 5.41) is 0.605. The molecule has 0 bridgehead atoms. The van der Waals surface area contributed by atoms with Gasteiger partial charge in [0.25, 0.3) is 0 Å². The molecule has 0 heterocycles. The predicted octanol–water partition coefficient (Wildman–Crippen LogP) is 3.54. The van der Waals surface area contributed by atoms with Crippen LogP contribution in [0, 0.1) is 12.7 Å². The Morgan fingerprint density at radius 2 is 2.25 bits per heavy atom. The summed E-state index contributed by atoms with van der Waals surface area (Å²) in [4.78, 5) is 0. The highest BCUT2D eigenvalue weighted by Gasteiger charge is 2.04. The molecule has 0 radical (unpaired) electrons. The first-order chi connectivity index (χ1) is 5.65. The van der Waals surface area contributed by atoms with E-state index in [0.29, 0.717) is 10.9 Å². The summed E-state index contributed by atoms with van der Waals surface area (Å²) in [5.41, 5.74) is 2.43. The lowest BCUT2D eigenvalue weighted by atomic mass is 10.1. The number of hydrogen-bond donors (Lipinski definition) is 0. The average molecular weight is 229 g/mol. The summed E-state index contributed by atoms with van der Waals surface area (Å²) in [6.45, 7) is 5.69. The molecule has 0 N–H and O–H groups in total. The van der Waals surface area contributed by atoms with Crippen LogP contribution in [0.1, 0.15) is 11.1 Å². The molecule has 0 aliphatic rings. The van der Waals surface area contributed by atoms with Crippen molar-refractivity contribution in [1.82, 2.24) is 0 Å². The summed E-state index contributed by atoms with van der Waals surface area (Å²) < 4.78 is 13.1. The molecule has 1 aromatic rings. The van der Waals surface area contributed by atoms with Gasteiger partial charge in [0, 0.05) is 10.9 Å². The average Bonchev–Trinajstić information content (AvgIpc) is 2.08. The van der Waals surface area contributed by atoms with Crippen LogP contribution in [0.4, 0.5) is 4.39 Å². The molecule has 0 saturated heterocycles. The van der Waals surface area contributed by atoms with E-state index in [-0.39, 0.29) is 5.82 Å². The maximum Gasteiger partial charge on any atom is 0.130 e. The van der Waals surface area contributed by atoms with Crippen molar-refractivity contribution >= 4 is 21.5 Å². The van der Waals surface area contributed by atoms with Gasteiger partial charge >= 0.3 is 0 Å². The van der Waals surface area contributed by atoms with Gasteiger partial charge in [-0.15, -0.1) is 0 Å². The minimum Gasteiger partial charge on any atom is -0.206 e. The van der Waals surface area contributed by atoms with Crippen LogP contribution >= 0.6 is 15.9 Å². The molecule has 0 fully saturated rings. The maximum absolute atomic E-state index is 13.1. The van der Waals surface area contributed by atoms with Gasteiger partial charge in [0.2, 0.25) is 0 Å². The van der Waals surface area contributed by atoms with Gasteiger partial charge < -0.3 is 0 Å². The number of aryl methyl sites for hydroxylation is 1. The highest BCUT2D eigenvalue weighted by Crippen LogP contribution is 2.19. The van der Waals surface area contributed by atoms with E-state index in [9.17, 15) is 4.39 Å². The molecule has 0 atom stereocenters. The molecule has 2 heteroatoms. The van der Waals surface area contributed by atoms with Crippen LogP contribution in [0.2, 0.25) is 0 Å². The Labute approximate surface area is 80.2 Å². The molecule has 1 rings (SSSR count). The van der Waals surface area contributed by atoms with Crippen molar-refractivity contribution in [2.45, 2.75) is 6.92 Å². The van der Waals surface area contributed by atoms with Crippen LogP contribution in [0.15, 0.2) is 24.8 Å². The summed E-state index contributed by atoms with van der Waals surface area (Å²) in [7, 11) is 0. The van der Waals surface area contributed by atoms with Gasteiger partial charge in [-0.05, 0) is 24.6 Å². The van der Waals surface area contributed by atoms with Crippen LogP contribution in [0.25, 0.3) is 5.57 Å². The van der Waals surface area contributed by atoms with Crippen molar-refractivity contribution in [3.8, 4) is 0 Å². The minimum absolute atomic E-state index is 0.204. The fraction of sp³-hybridized carbons (Fsp3) is 0.200. The molecule has 0 aromatic heterocycles. The van der Waals surface area contributed by atoms with Crippen LogP contribution < -0.4 is 0 Å². The molecule has 12 heavy (non-hydrogen) atoms. The normalized spacial score (nSPS) is 9.92. The monoisotopic (exact) mass is 228 g/mol. The van der Waals surface area contributed by atoms with Gasteiger partial charge in [0.1, 0.15) is 5.82 Å². The SMILES string of the molecule is C=C(CBr)c1cc(C)ccc1F. The second kappa shape index (κ2) is 3.85. The molecule has 0 nitrogen and oxygen atoms in total. The maximum atomic E-state index is 13.1. The number of allylic oxidation sites excluding steroid dienone is 1. The molecule has 0 amide bonds. The third-order valence-electron chi connectivity index (χ3n) is 1.66. The fourth-order valence-corrected chi connectivity index (χ4v) is 1.28. The molecule has 0 aliphatic heterocycles. The lowest BCUT2D eigenvalue weighted by Gasteiger charge is -2.04. The van der Waals surface area contributed by atoms with E-state index in [1.165, 1.54) is 6.07 Å². The van der Waals surface area contributed by atoms with E-state index in [1.54, 1.807) is 12.1 Å². The molecule has 0 aliphatic carbocycles. The van der Waals surface area contributed by atoms with Crippen molar-refractivity contribution in [2.24, 2.45) is 0 Å². The van der Waals surface area contributed by atoms with E-state index in [2.05, 4.69) is 22.5 Å². The Kier molecular flexibility index (Phi) is 3.04. The van der Waals surface area contributed by atoms with Crippen molar-refractivity contribution in [3.05, 3.63) is 41.7 Å². The van der Waals surface area contributed by atoms with Crippen LogP contribution in [0.5, 0.6) is 0 Å². The molecule has 1 aromatic carbocycles. The number of halogens is 2. The zero-order valence-electron chi connectivity index (χ0n) is 6.90. The Morgan fingerprint density at radius 3 is 2.83 bits per heavy atom. The molecule has 0 saturated carbocycles. The zero-order chi connectivity index (χ0) is 9.14. The van der Waals surface area contributed by atoms with E-state index in [4.69, 9.17) is 0 Å². The first-order valence-electron chi connectivity index (χ1n) is 3.65. The number of alkyl halides is 1. The van der Waals surface area contributed by atoms with E-state index in [1.807, 2.05) is 6.92 Å². The summed E-state index contributed by atoms with van der Waals surface area (Å²) in [6.07, 6.45) is 0. The number of rotatable bonds is 2. The quantitative estimate of drug-likeness (QED) is 0.680. The topological polar surface area (TPSA) is 0 Å². The van der Waals surface area contributed by atoms with E-state index < -0.39 is 0 Å². The smallest absolute Gasteiger partial charge is 0.130 e. The highest BCUT2D eigenvalue weighted by atomic mass is 79.9. The van der Waals surface area contributed by atoms with Gasteiger partial charge in [-0.3, -0.25) is 0 Å². The summed E-state index contributed by atoms with van der Waals surface area (Å²) in [6, 6.07) is 5.03. The zero-order valence-corrected chi connectivity index (χ0v) is 8.49. The second-order valence-electron chi connectivity index (χ2n) is 2.72. The van der Waals surface area contributed by atoms with Gasteiger partial charge in [0.05, 0.1) is 0 Å². The lowest BCUT2D eigenvalue weighted by molar-refractivity contribution is 0.623. The second-order valence-corrected chi connectivity index (χ2v) is 3.28. The fourth-order valence-electron chi connectivity index (χ4n) is 0.982. The van der Waals surface area contributed by atoms with Gasteiger partial charge in [0.15, 0.2) is 0 Å². The van der Waals surface area contributed by atoms with Gasteiger partial charge in [-0.1, -0.05) is 34.1 Å². The predicted molar refractivity (Wildman–Crippen MR) is 54.0 cm³/mol. The Balaban J connectivity index is 3.13.